The van der Waals surface area contributed by atoms with Crippen LogP contribution in [0.5, 0.6) is 0 Å². The molecule has 0 amide bonds. The summed E-state index contributed by atoms with van der Waals surface area (Å²) < 4.78 is 0. The molecule has 0 fully saturated rings. The van der Waals surface area contributed by atoms with Gasteiger partial charge in [-0.2, -0.15) is 0 Å². The third-order valence-corrected chi connectivity index (χ3v) is 12.1. The Balaban J connectivity index is 0. The fourth-order valence-electron chi connectivity index (χ4n) is 8.05. The molecule has 0 bridgehead atoms. The Kier molecular flexibility index (Phi) is 54.9. The van der Waals surface area contributed by atoms with Gasteiger partial charge in [0, 0.05) is 0 Å². The maximum Gasteiger partial charge on any atom is -0.00218 e. The topological polar surface area (TPSA) is 6.48 Å². The van der Waals surface area contributed by atoms with Crippen LogP contribution in [0, 0.1) is 0 Å². The molecule has 0 aliphatic carbocycles. The molecule has 0 atom stereocenters. The van der Waals surface area contributed by atoms with Gasteiger partial charge in [-0.25, -0.2) is 0 Å². The van der Waals surface area contributed by atoms with Crippen LogP contribution in [0.2, 0.25) is 0 Å². The van der Waals surface area contributed by atoms with E-state index in [2.05, 4.69) is 51.6 Å². The van der Waals surface area contributed by atoms with Crippen molar-refractivity contribution in [1.29, 1.82) is 0 Å². The largest absolute Gasteiger partial charge is 0.306 e. The summed E-state index contributed by atoms with van der Waals surface area (Å²) in [4.78, 5) is 5.13. The van der Waals surface area contributed by atoms with E-state index in [1.54, 1.807) is 0 Å². The van der Waals surface area contributed by atoms with E-state index in [9.17, 15) is 0 Å². The minimum absolute atomic E-state index is 1.31. The summed E-state index contributed by atoms with van der Waals surface area (Å²) in [5.74, 6) is 0. The smallest absolute Gasteiger partial charge is 0.00218 e. The van der Waals surface area contributed by atoms with Crippen molar-refractivity contribution in [2.45, 2.75) is 297 Å². The van der Waals surface area contributed by atoms with Crippen molar-refractivity contribution >= 4 is 0 Å². The Morgan fingerprint density at radius 2 is 0.278 bits per heavy atom. The molecule has 0 N–H and O–H groups in total. The van der Waals surface area contributed by atoms with Crippen LogP contribution in [-0.4, -0.2) is 50.1 Å². The number of hydrogen-bond acceptors (Lipinski definition) is 2. The fraction of sp³-hybridized carbons (Fsp3) is 1.00. The molecule has 0 saturated heterocycles. The van der Waals surface area contributed by atoms with Crippen LogP contribution >= 0.6 is 0 Å². The summed E-state index contributed by atoms with van der Waals surface area (Å²) in [7, 11) is 4.64. The Hall–Kier alpha value is -0.0800. The van der Waals surface area contributed by atoms with Crippen molar-refractivity contribution in [2.24, 2.45) is 0 Å². The van der Waals surface area contributed by atoms with Gasteiger partial charge >= 0.3 is 0 Å². The molecule has 54 heavy (non-hydrogen) atoms. The van der Waals surface area contributed by atoms with Crippen LogP contribution in [0.15, 0.2) is 0 Å². The van der Waals surface area contributed by atoms with Crippen molar-refractivity contribution in [2.75, 3.05) is 40.3 Å². The zero-order valence-corrected chi connectivity index (χ0v) is 39.4. The molecule has 0 radical (unpaired) electrons. The second-order valence-electron chi connectivity index (χ2n) is 18.0. The fourth-order valence-corrected chi connectivity index (χ4v) is 8.05. The number of unbranched alkanes of at least 4 members (excludes halogenated alkanes) is 38. The lowest BCUT2D eigenvalue weighted by molar-refractivity contribution is 0.314. The van der Waals surface area contributed by atoms with E-state index < -0.39 is 0 Å². The standard InChI is InChI=1S/C29H61N.C23H49N/c1-4-6-8-10-12-14-16-18-20-22-24-26-28-30(3)29-27-25-23-21-19-17-15-13-11-9-7-5-2;1-4-6-8-10-12-13-14-15-16-17-19-21-23-24(3)22-20-18-11-9-7-5-2/h4-29H2,1-3H3;4-23H2,1-3H3. The average Bonchev–Trinajstić information content (AvgIpc) is 3.17. The third-order valence-electron chi connectivity index (χ3n) is 12.1. The number of hydrogen-bond donors (Lipinski definition) is 0. The van der Waals surface area contributed by atoms with E-state index in [4.69, 9.17) is 0 Å². The Labute approximate surface area is 346 Å². The van der Waals surface area contributed by atoms with Gasteiger partial charge in [-0.1, -0.05) is 272 Å². The predicted octanol–water partition coefficient (Wildman–Crippen LogP) is 18.3. The first-order valence-electron chi connectivity index (χ1n) is 26.0. The van der Waals surface area contributed by atoms with Crippen molar-refractivity contribution in [1.82, 2.24) is 9.80 Å². The molecular weight excluding hydrogens is 653 g/mol. The highest BCUT2D eigenvalue weighted by Crippen LogP contribution is 2.15. The highest BCUT2D eigenvalue weighted by Gasteiger charge is 2.01. The van der Waals surface area contributed by atoms with E-state index >= 15 is 0 Å². The van der Waals surface area contributed by atoms with Gasteiger partial charge in [-0.05, 0) is 66.0 Å². The molecule has 2 nitrogen and oxygen atoms in total. The molecule has 0 aromatic heterocycles. The monoisotopic (exact) mass is 763 g/mol. The van der Waals surface area contributed by atoms with Gasteiger partial charge in [-0.15, -0.1) is 0 Å². The summed E-state index contributed by atoms with van der Waals surface area (Å²) in [5, 5.41) is 0. The molecular formula is C52H110N2. The molecule has 0 saturated carbocycles. The van der Waals surface area contributed by atoms with Gasteiger partial charge in [0.1, 0.15) is 0 Å². The zero-order chi connectivity index (χ0) is 39.7. The zero-order valence-electron chi connectivity index (χ0n) is 39.4. The van der Waals surface area contributed by atoms with Gasteiger partial charge in [0.25, 0.3) is 0 Å². The highest BCUT2D eigenvalue weighted by molar-refractivity contribution is 4.57. The normalized spacial score (nSPS) is 11.6. The molecule has 0 spiro atoms. The summed E-state index contributed by atoms with van der Waals surface area (Å²) in [6.07, 6.45) is 60.8. The number of nitrogens with zero attached hydrogens (tertiary/aromatic N) is 2. The van der Waals surface area contributed by atoms with Crippen LogP contribution in [0.25, 0.3) is 0 Å². The van der Waals surface area contributed by atoms with Crippen molar-refractivity contribution in [3.05, 3.63) is 0 Å². The Bertz CT molecular complexity index is 577. The van der Waals surface area contributed by atoms with Gasteiger partial charge in [0.2, 0.25) is 0 Å². The van der Waals surface area contributed by atoms with E-state index in [0.717, 1.165) is 0 Å². The molecule has 0 aromatic carbocycles. The lowest BCUT2D eigenvalue weighted by atomic mass is 10.0. The minimum atomic E-state index is 1.31. The predicted molar refractivity (Wildman–Crippen MR) is 252 cm³/mol. The van der Waals surface area contributed by atoms with Crippen molar-refractivity contribution in [3.63, 3.8) is 0 Å². The van der Waals surface area contributed by atoms with Crippen molar-refractivity contribution < 1.29 is 0 Å². The summed E-state index contributed by atoms with van der Waals surface area (Å²) in [6, 6.07) is 0. The van der Waals surface area contributed by atoms with Crippen LogP contribution < -0.4 is 0 Å². The molecule has 0 rings (SSSR count). The van der Waals surface area contributed by atoms with Crippen LogP contribution in [0.3, 0.4) is 0 Å². The van der Waals surface area contributed by atoms with Gasteiger partial charge < -0.3 is 9.80 Å². The van der Waals surface area contributed by atoms with Gasteiger partial charge in [0.05, 0.1) is 0 Å². The SMILES string of the molecule is CCCCCCCCCCCCCCN(C)CCCCCCCC.CCCCCCCCCCCCCCN(C)CCCCCCCCCCCCCC. The van der Waals surface area contributed by atoms with E-state index in [1.165, 1.54) is 296 Å². The Morgan fingerprint density at radius 3 is 0.407 bits per heavy atom. The molecule has 0 aromatic rings. The summed E-state index contributed by atoms with van der Waals surface area (Å²) in [5.41, 5.74) is 0. The molecule has 0 heterocycles. The first-order chi connectivity index (χ1) is 26.6. The van der Waals surface area contributed by atoms with Crippen molar-refractivity contribution in [3.8, 4) is 0 Å². The average molecular weight is 763 g/mol. The second-order valence-corrected chi connectivity index (χ2v) is 18.0. The van der Waals surface area contributed by atoms with Crippen LogP contribution in [0.4, 0.5) is 0 Å². The maximum absolute atomic E-state index is 2.58. The first kappa shape index (κ1) is 56.0. The molecule has 0 aliphatic heterocycles. The van der Waals surface area contributed by atoms with E-state index in [-0.39, 0.29) is 0 Å². The first-order valence-corrected chi connectivity index (χ1v) is 26.0. The van der Waals surface area contributed by atoms with Crippen LogP contribution in [-0.2, 0) is 0 Å². The second kappa shape index (κ2) is 52.9. The lowest BCUT2D eigenvalue weighted by Crippen LogP contribution is -2.20. The molecule has 328 valence electrons. The maximum atomic E-state index is 2.58. The van der Waals surface area contributed by atoms with Crippen LogP contribution in [0.1, 0.15) is 297 Å². The molecule has 2 heteroatoms. The molecule has 0 aliphatic rings. The third kappa shape index (κ3) is 54.0. The quantitative estimate of drug-likeness (QED) is 0.0570. The summed E-state index contributed by atoms with van der Waals surface area (Å²) in [6.45, 7) is 14.4. The van der Waals surface area contributed by atoms with E-state index in [0.29, 0.717) is 0 Å². The Morgan fingerprint density at radius 1 is 0.167 bits per heavy atom. The van der Waals surface area contributed by atoms with Gasteiger partial charge in [-0.3, -0.25) is 0 Å². The molecule has 0 unspecified atom stereocenters. The number of rotatable bonds is 46. The van der Waals surface area contributed by atoms with Gasteiger partial charge in [0.15, 0.2) is 0 Å². The lowest BCUT2D eigenvalue weighted by Gasteiger charge is -2.16. The highest BCUT2D eigenvalue weighted by atomic mass is 15.1. The van der Waals surface area contributed by atoms with E-state index in [1.807, 2.05) is 0 Å². The summed E-state index contributed by atoms with van der Waals surface area (Å²) >= 11 is 0. The minimum Gasteiger partial charge on any atom is -0.306 e.